The second-order valence-corrected chi connectivity index (χ2v) is 6.36. The van der Waals surface area contributed by atoms with Crippen LogP contribution in [0.3, 0.4) is 0 Å². The van der Waals surface area contributed by atoms with Crippen LogP contribution in [0.5, 0.6) is 0 Å². The standard InChI is InChI=1S/C19H27N3O3/c1-5-16(18-13(3)22-25-14(18)4)21-19(24)20-12(2)17(23)11-15-9-7-6-8-10-15/h6-10,12,16-17,23H,5,11H2,1-4H3,(H2,20,21,24). The minimum absolute atomic E-state index is 0.176. The molecule has 3 unspecified atom stereocenters. The fraction of sp³-hybridized carbons (Fsp3) is 0.474. The van der Waals surface area contributed by atoms with Crippen LogP contribution in [-0.2, 0) is 6.42 Å². The Labute approximate surface area is 148 Å². The van der Waals surface area contributed by atoms with Crippen molar-refractivity contribution in [1.29, 1.82) is 0 Å². The van der Waals surface area contributed by atoms with E-state index in [9.17, 15) is 9.90 Å². The SMILES string of the molecule is CCC(NC(=O)NC(C)C(O)Cc1ccccc1)c1c(C)noc1C. The summed E-state index contributed by atoms with van der Waals surface area (Å²) in [5, 5.41) is 20.0. The Hall–Kier alpha value is -2.34. The predicted molar refractivity (Wildman–Crippen MR) is 96.3 cm³/mol. The smallest absolute Gasteiger partial charge is 0.315 e. The van der Waals surface area contributed by atoms with Crippen molar-refractivity contribution in [3.05, 3.63) is 52.9 Å². The molecular weight excluding hydrogens is 318 g/mol. The average molecular weight is 345 g/mol. The van der Waals surface area contributed by atoms with Crippen LogP contribution >= 0.6 is 0 Å². The number of carbonyl (C=O) groups excluding carboxylic acids is 1. The Kier molecular flexibility index (Phi) is 6.58. The summed E-state index contributed by atoms with van der Waals surface area (Å²) in [7, 11) is 0. The lowest BCUT2D eigenvalue weighted by Crippen LogP contribution is -2.47. The third-order valence-electron chi connectivity index (χ3n) is 4.37. The van der Waals surface area contributed by atoms with Crippen molar-refractivity contribution in [2.24, 2.45) is 0 Å². The predicted octanol–water partition coefficient (Wildman–Crippen LogP) is 3.03. The number of hydrogen-bond acceptors (Lipinski definition) is 4. The molecule has 1 aromatic heterocycles. The topological polar surface area (TPSA) is 87.4 Å². The van der Waals surface area contributed by atoms with E-state index in [1.165, 1.54) is 0 Å². The number of hydrogen-bond donors (Lipinski definition) is 3. The number of aliphatic hydroxyl groups is 1. The van der Waals surface area contributed by atoms with Gasteiger partial charge in [0.1, 0.15) is 5.76 Å². The van der Waals surface area contributed by atoms with E-state index < -0.39 is 6.10 Å². The first kappa shape index (κ1) is 19.0. The van der Waals surface area contributed by atoms with Gasteiger partial charge in [-0.2, -0.15) is 0 Å². The zero-order valence-corrected chi connectivity index (χ0v) is 15.2. The first-order valence-corrected chi connectivity index (χ1v) is 8.64. The largest absolute Gasteiger partial charge is 0.391 e. The maximum absolute atomic E-state index is 12.3. The molecule has 1 heterocycles. The Bertz CT molecular complexity index is 665. The Morgan fingerprint density at radius 1 is 1.24 bits per heavy atom. The molecule has 25 heavy (non-hydrogen) atoms. The molecule has 1 aromatic carbocycles. The molecule has 2 aromatic rings. The lowest BCUT2D eigenvalue weighted by molar-refractivity contribution is 0.135. The number of nitrogens with zero attached hydrogens (tertiary/aromatic N) is 1. The molecule has 6 nitrogen and oxygen atoms in total. The summed E-state index contributed by atoms with van der Waals surface area (Å²) >= 11 is 0. The molecule has 0 spiro atoms. The number of urea groups is 1. The second kappa shape index (κ2) is 8.67. The van der Waals surface area contributed by atoms with Crippen LogP contribution in [0.4, 0.5) is 4.79 Å². The van der Waals surface area contributed by atoms with Gasteiger partial charge in [0.05, 0.1) is 23.9 Å². The number of aliphatic hydroxyl groups excluding tert-OH is 1. The quantitative estimate of drug-likeness (QED) is 0.720. The van der Waals surface area contributed by atoms with Crippen LogP contribution in [0.25, 0.3) is 0 Å². The lowest BCUT2D eigenvalue weighted by Gasteiger charge is -2.23. The van der Waals surface area contributed by atoms with Crippen LogP contribution in [-0.4, -0.2) is 28.4 Å². The number of aromatic nitrogens is 1. The van der Waals surface area contributed by atoms with Gasteiger partial charge in [-0.3, -0.25) is 0 Å². The Morgan fingerprint density at radius 3 is 2.48 bits per heavy atom. The zero-order chi connectivity index (χ0) is 18.4. The van der Waals surface area contributed by atoms with Crippen molar-refractivity contribution in [2.45, 2.75) is 58.7 Å². The molecule has 2 rings (SSSR count). The molecule has 0 saturated carbocycles. The van der Waals surface area contributed by atoms with Gasteiger partial charge in [-0.15, -0.1) is 0 Å². The van der Waals surface area contributed by atoms with Crippen molar-refractivity contribution in [2.75, 3.05) is 0 Å². The summed E-state index contributed by atoms with van der Waals surface area (Å²) < 4.78 is 5.18. The Balaban J connectivity index is 1.92. The summed E-state index contributed by atoms with van der Waals surface area (Å²) in [6.45, 7) is 7.48. The van der Waals surface area contributed by atoms with Gasteiger partial charge in [0.15, 0.2) is 0 Å². The van der Waals surface area contributed by atoms with Crippen LogP contribution in [0.2, 0.25) is 0 Å². The average Bonchev–Trinajstić information content (AvgIpc) is 2.92. The molecule has 0 aliphatic rings. The van der Waals surface area contributed by atoms with Crippen LogP contribution < -0.4 is 10.6 Å². The maximum atomic E-state index is 12.3. The minimum atomic E-state index is -0.660. The summed E-state index contributed by atoms with van der Waals surface area (Å²) in [5.41, 5.74) is 2.73. The van der Waals surface area contributed by atoms with Gasteiger partial charge in [0.25, 0.3) is 0 Å². The third-order valence-corrected chi connectivity index (χ3v) is 4.37. The summed E-state index contributed by atoms with van der Waals surface area (Å²) in [5.74, 6) is 0.710. The highest BCUT2D eigenvalue weighted by Crippen LogP contribution is 2.23. The summed E-state index contributed by atoms with van der Waals surface area (Å²) in [6.07, 6.45) is 0.549. The molecular formula is C19H27N3O3. The second-order valence-electron chi connectivity index (χ2n) is 6.36. The van der Waals surface area contributed by atoms with Crippen LogP contribution in [0, 0.1) is 13.8 Å². The van der Waals surface area contributed by atoms with Crippen molar-refractivity contribution in [1.82, 2.24) is 15.8 Å². The lowest BCUT2D eigenvalue weighted by atomic mass is 10.0. The van der Waals surface area contributed by atoms with Gasteiger partial charge in [-0.25, -0.2) is 4.79 Å². The van der Waals surface area contributed by atoms with E-state index in [4.69, 9.17) is 4.52 Å². The zero-order valence-electron chi connectivity index (χ0n) is 15.2. The van der Waals surface area contributed by atoms with E-state index in [0.29, 0.717) is 12.2 Å². The molecule has 2 amide bonds. The van der Waals surface area contributed by atoms with Gasteiger partial charge in [-0.1, -0.05) is 42.4 Å². The highest BCUT2D eigenvalue weighted by molar-refractivity contribution is 5.74. The molecule has 6 heteroatoms. The number of aryl methyl sites for hydroxylation is 2. The van der Waals surface area contributed by atoms with Crippen LogP contribution in [0.15, 0.2) is 34.9 Å². The molecule has 0 bridgehead atoms. The monoisotopic (exact) mass is 345 g/mol. The first-order chi connectivity index (χ1) is 11.9. The molecule has 0 aliphatic carbocycles. The van der Waals surface area contributed by atoms with Crippen molar-refractivity contribution in [3.8, 4) is 0 Å². The molecule has 3 N–H and O–H groups in total. The number of carbonyl (C=O) groups is 1. The summed E-state index contributed by atoms with van der Waals surface area (Å²) in [4.78, 5) is 12.3. The molecule has 0 saturated heterocycles. The molecule has 0 radical (unpaired) electrons. The normalized spacial score (nSPS) is 14.6. The maximum Gasteiger partial charge on any atom is 0.315 e. The Morgan fingerprint density at radius 2 is 1.92 bits per heavy atom. The van der Waals surface area contributed by atoms with Gasteiger partial charge < -0.3 is 20.3 Å². The summed E-state index contributed by atoms with van der Waals surface area (Å²) in [6, 6.07) is 8.86. The van der Waals surface area contributed by atoms with Gasteiger partial charge >= 0.3 is 6.03 Å². The van der Waals surface area contributed by atoms with Crippen molar-refractivity contribution < 1.29 is 14.4 Å². The molecule has 3 atom stereocenters. The third kappa shape index (κ3) is 5.06. The minimum Gasteiger partial charge on any atom is -0.391 e. The van der Waals surface area contributed by atoms with Gasteiger partial charge in [0, 0.05) is 12.0 Å². The van der Waals surface area contributed by atoms with E-state index in [0.717, 1.165) is 23.2 Å². The number of rotatable bonds is 7. The number of amides is 2. The van der Waals surface area contributed by atoms with E-state index in [1.54, 1.807) is 6.92 Å². The van der Waals surface area contributed by atoms with Gasteiger partial charge in [0.2, 0.25) is 0 Å². The van der Waals surface area contributed by atoms with E-state index >= 15 is 0 Å². The highest BCUT2D eigenvalue weighted by Gasteiger charge is 2.23. The van der Waals surface area contributed by atoms with E-state index in [-0.39, 0.29) is 18.1 Å². The van der Waals surface area contributed by atoms with Gasteiger partial charge in [-0.05, 0) is 32.8 Å². The fourth-order valence-corrected chi connectivity index (χ4v) is 2.90. The molecule has 0 aliphatic heterocycles. The molecule has 0 fully saturated rings. The first-order valence-electron chi connectivity index (χ1n) is 8.64. The molecule has 136 valence electrons. The van der Waals surface area contributed by atoms with E-state index in [1.807, 2.05) is 51.1 Å². The van der Waals surface area contributed by atoms with Crippen molar-refractivity contribution in [3.63, 3.8) is 0 Å². The van der Waals surface area contributed by atoms with Crippen molar-refractivity contribution >= 4 is 6.03 Å². The van der Waals surface area contributed by atoms with E-state index in [2.05, 4.69) is 15.8 Å². The van der Waals surface area contributed by atoms with Crippen LogP contribution in [0.1, 0.15) is 48.9 Å². The highest BCUT2D eigenvalue weighted by atomic mass is 16.5. The number of benzene rings is 1. The fourth-order valence-electron chi connectivity index (χ4n) is 2.90. The number of nitrogens with one attached hydrogen (secondary N) is 2.